The van der Waals surface area contributed by atoms with Crippen LogP contribution in [0.4, 0.5) is 11.5 Å². The van der Waals surface area contributed by atoms with Crippen molar-refractivity contribution in [1.82, 2.24) is 4.98 Å². The summed E-state index contributed by atoms with van der Waals surface area (Å²) in [6, 6.07) is 7.24. The summed E-state index contributed by atoms with van der Waals surface area (Å²) < 4.78 is 15.6. The van der Waals surface area contributed by atoms with E-state index in [1.54, 1.807) is 32.4 Å². The minimum atomic E-state index is -0.361. The van der Waals surface area contributed by atoms with Gasteiger partial charge in [-0.15, -0.1) is 0 Å². The first-order valence-electron chi connectivity index (χ1n) is 6.78. The molecule has 0 unspecified atom stereocenters. The molecule has 2 heterocycles. The van der Waals surface area contributed by atoms with Gasteiger partial charge in [0.15, 0.2) is 0 Å². The molecular formula is C16H16N2O4. The molecule has 0 amide bonds. The molecule has 1 aromatic heterocycles. The number of rotatable bonds is 4. The molecule has 0 aliphatic carbocycles. The lowest BCUT2D eigenvalue weighted by atomic mass is 10.1. The number of aromatic nitrogens is 1. The Labute approximate surface area is 128 Å². The van der Waals surface area contributed by atoms with E-state index in [2.05, 4.69) is 10.3 Å². The van der Waals surface area contributed by atoms with Gasteiger partial charge in [-0.25, -0.2) is 9.78 Å². The maximum atomic E-state index is 11.9. The van der Waals surface area contributed by atoms with Gasteiger partial charge in [-0.3, -0.25) is 0 Å². The highest BCUT2D eigenvalue weighted by atomic mass is 16.5. The molecule has 22 heavy (non-hydrogen) atoms. The lowest BCUT2D eigenvalue weighted by molar-refractivity contribution is 0.0535. The second-order valence-electron chi connectivity index (χ2n) is 4.95. The molecule has 1 N–H and O–H groups in total. The van der Waals surface area contributed by atoms with Gasteiger partial charge in [-0.05, 0) is 13.0 Å². The van der Waals surface area contributed by atoms with Crippen molar-refractivity contribution < 1.29 is 19.0 Å². The molecule has 1 aromatic carbocycles. The lowest BCUT2D eigenvalue weighted by Crippen LogP contribution is -2.05. The average molecular weight is 300 g/mol. The maximum absolute atomic E-state index is 11.9. The first kappa shape index (κ1) is 14.2. The van der Waals surface area contributed by atoms with Crippen LogP contribution in [0.3, 0.4) is 0 Å². The fourth-order valence-corrected chi connectivity index (χ4v) is 2.40. The molecule has 1 aliphatic rings. The number of fused-ring (bicyclic) bond motifs is 1. The van der Waals surface area contributed by atoms with E-state index >= 15 is 0 Å². The van der Waals surface area contributed by atoms with Crippen LogP contribution in [-0.2, 0) is 11.3 Å². The number of nitrogens with zero attached hydrogens (tertiary/aromatic N) is 1. The van der Waals surface area contributed by atoms with E-state index in [0.717, 1.165) is 16.9 Å². The Hall–Kier alpha value is -2.76. The van der Waals surface area contributed by atoms with E-state index in [1.165, 1.54) is 0 Å². The van der Waals surface area contributed by atoms with Gasteiger partial charge >= 0.3 is 5.97 Å². The van der Waals surface area contributed by atoms with Crippen LogP contribution in [0.2, 0.25) is 0 Å². The molecule has 0 fully saturated rings. The monoisotopic (exact) mass is 300 g/mol. The van der Waals surface area contributed by atoms with E-state index in [4.69, 9.17) is 14.2 Å². The molecular weight excluding hydrogens is 284 g/mol. The SMILES string of the molecule is COc1cc(Nc2nc(C)cc3c2C(=O)OC3)cc(OC)c1. The molecule has 6 heteroatoms. The number of carbonyl (C=O) groups excluding carboxylic acids is 1. The van der Waals surface area contributed by atoms with Crippen molar-refractivity contribution in [3.8, 4) is 11.5 Å². The van der Waals surface area contributed by atoms with Crippen molar-refractivity contribution in [2.75, 3.05) is 19.5 Å². The third kappa shape index (κ3) is 2.55. The van der Waals surface area contributed by atoms with Crippen LogP contribution in [-0.4, -0.2) is 25.2 Å². The van der Waals surface area contributed by atoms with Crippen LogP contribution < -0.4 is 14.8 Å². The summed E-state index contributed by atoms with van der Waals surface area (Å²) in [5.41, 5.74) is 2.85. The molecule has 0 saturated heterocycles. The molecule has 0 radical (unpaired) electrons. The summed E-state index contributed by atoms with van der Waals surface area (Å²) in [5, 5.41) is 3.15. The Balaban J connectivity index is 2.02. The van der Waals surface area contributed by atoms with E-state index in [9.17, 15) is 4.79 Å². The molecule has 114 valence electrons. The van der Waals surface area contributed by atoms with Crippen molar-refractivity contribution in [1.29, 1.82) is 0 Å². The highest BCUT2D eigenvalue weighted by molar-refractivity contribution is 5.99. The minimum Gasteiger partial charge on any atom is -0.497 e. The number of anilines is 2. The van der Waals surface area contributed by atoms with Gasteiger partial charge in [-0.1, -0.05) is 0 Å². The van der Waals surface area contributed by atoms with Gasteiger partial charge in [0.25, 0.3) is 0 Å². The Morgan fingerprint density at radius 1 is 1.14 bits per heavy atom. The Morgan fingerprint density at radius 2 is 1.82 bits per heavy atom. The van der Waals surface area contributed by atoms with Crippen LogP contribution in [0, 0.1) is 6.92 Å². The van der Waals surface area contributed by atoms with Crippen molar-refractivity contribution in [2.45, 2.75) is 13.5 Å². The number of cyclic esters (lactones) is 1. The molecule has 1 aliphatic heterocycles. The van der Waals surface area contributed by atoms with Crippen LogP contribution >= 0.6 is 0 Å². The first-order chi connectivity index (χ1) is 10.6. The standard InChI is InChI=1S/C16H16N2O4/c1-9-4-10-8-22-16(19)14(10)15(17-9)18-11-5-12(20-2)7-13(6-11)21-3/h4-7H,8H2,1-3H3,(H,17,18). The fraction of sp³-hybridized carbons (Fsp3) is 0.250. The molecule has 0 saturated carbocycles. The zero-order valence-electron chi connectivity index (χ0n) is 12.6. The zero-order chi connectivity index (χ0) is 15.7. The van der Waals surface area contributed by atoms with Crippen LogP contribution in [0.1, 0.15) is 21.6 Å². The maximum Gasteiger partial charge on any atom is 0.342 e. The quantitative estimate of drug-likeness (QED) is 0.876. The Bertz CT molecular complexity index is 721. The molecule has 0 bridgehead atoms. The number of aryl methyl sites for hydroxylation is 1. The lowest BCUT2D eigenvalue weighted by Gasteiger charge is -2.12. The number of hydrogen-bond donors (Lipinski definition) is 1. The smallest absolute Gasteiger partial charge is 0.342 e. The number of benzene rings is 1. The molecule has 6 nitrogen and oxygen atoms in total. The summed E-state index contributed by atoms with van der Waals surface area (Å²) in [6.45, 7) is 2.16. The summed E-state index contributed by atoms with van der Waals surface area (Å²) in [6.07, 6.45) is 0. The minimum absolute atomic E-state index is 0.285. The largest absolute Gasteiger partial charge is 0.497 e. The number of nitrogens with one attached hydrogen (secondary N) is 1. The molecule has 0 spiro atoms. The third-order valence-electron chi connectivity index (χ3n) is 3.41. The first-order valence-corrected chi connectivity index (χ1v) is 6.78. The number of carbonyl (C=O) groups is 1. The van der Waals surface area contributed by atoms with Crippen LogP contribution in [0.5, 0.6) is 11.5 Å². The number of ether oxygens (including phenoxy) is 3. The van der Waals surface area contributed by atoms with E-state index in [1.807, 2.05) is 13.0 Å². The number of esters is 1. The Morgan fingerprint density at radius 3 is 2.45 bits per heavy atom. The van der Waals surface area contributed by atoms with Crippen molar-refractivity contribution in [3.05, 3.63) is 41.1 Å². The topological polar surface area (TPSA) is 69.7 Å². The molecule has 3 rings (SSSR count). The van der Waals surface area contributed by atoms with Crippen LogP contribution in [0.25, 0.3) is 0 Å². The second-order valence-corrected chi connectivity index (χ2v) is 4.95. The second kappa shape index (κ2) is 5.55. The van der Waals surface area contributed by atoms with Gasteiger partial charge in [0, 0.05) is 35.1 Å². The average Bonchev–Trinajstić information content (AvgIpc) is 2.87. The Kier molecular flexibility index (Phi) is 3.58. The third-order valence-corrected chi connectivity index (χ3v) is 3.41. The highest BCUT2D eigenvalue weighted by Gasteiger charge is 2.26. The predicted molar refractivity (Wildman–Crippen MR) is 80.9 cm³/mol. The molecule has 0 atom stereocenters. The van der Waals surface area contributed by atoms with Crippen molar-refractivity contribution >= 4 is 17.5 Å². The zero-order valence-corrected chi connectivity index (χ0v) is 12.6. The summed E-state index contributed by atoms with van der Waals surface area (Å²) in [7, 11) is 3.16. The van der Waals surface area contributed by atoms with E-state index < -0.39 is 0 Å². The molecule has 2 aromatic rings. The van der Waals surface area contributed by atoms with E-state index in [-0.39, 0.29) is 12.6 Å². The highest BCUT2D eigenvalue weighted by Crippen LogP contribution is 2.32. The summed E-state index contributed by atoms with van der Waals surface area (Å²) in [4.78, 5) is 16.3. The number of methoxy groups -OCH3 is 2. The number of hydrogen-bond acceptors (Lipinski definition) is 6. The summed E-state index contributed by atoms with van der Waals surface area (Å²) in [5.74, 6) is 1.41. The fourth-order valence-electron chi connectivity index (χ4n) is 2.40. The normalized spacial score (nSPS) is 12.6. The van der Waals surface area contributed by atoms with Gasteiger partial charge in [0.1, 0.15) is 29.5 Å². The van der Waals surface area contributed by atoms with E-state index in [0.29, 0.717) is 22.9 Å². The van der Waals surface area contributed by atoms with Gasteiger partial charge in [-0.2, -0.15) is 0 Å². The van der Waals surface area contributed by atoms with Gasteiger partial charge in [0.2, 0.25) is 0 Å². The number of pyridine rings is 1. The van der Waals surface area contributed by atoms with Gasteiger partial charge < -0.3 is 19.5 Å². The van der Waals surface area contributed by atoms with Crippen molar-refractivity contribution in [2.24, 2.45) is 0 Å². The van der Waals surface area contributed by atoms with Gasteiger partial charge in [0.05, 0.1) is 14.2 Å². The summed E-state index contributed by atoms with van der Waals surface area (Å²) >= 11 is 0. The van der Waals surface area contributed by atoms with Crippen molar-refractivity contribution in [3.63, 3.8) is 0 Å². The van der Waals surface area contributed by atoms with Crippen LogP contribution in [0.15, 0.2) is 24.3 Å². The predicted octanol–water partition coefficient (Wildman–Crippen LogP) is 2.82.